The maximum absolute atomic E-state index is 5.86. The Morgan fingerprint density at radius 1 is 1.16 bits per heavy atom. The van der Waals surface area contributed by atoms with Gasteiger partial charge in [-0.25, -0.2) is 0 Å². The highest BCUT2D eigenvalue weighted by molar-refractivity contribution is 5.46. The molecule has 0 saturated carbocycles. The Hall–Kier alpha value is -1.22. The fourth-order valence-electron chi connectivity index (χ4n) is 1.83. The zero-order valence-electron chi connectivity index (χ0n) is 12.7. The van der Waals surface area contributed by atoms with Crippen molar-refractivity contribution in [1.29, 1.82) is 0 Å². The number of nitrogens with one attached hydrogen (secondary N) is 1. The van der Waals surface area contributed by atoms with Crippen LogP contribution in [0.15, 0.2) is 18.2 Å². The van der Waals surface area contributed by atoms with Gasteiger partial charge in [0.1, 0.15) is 0 Å². The van der Waals surface area contributed by atoms with Gasteiger partial charge in [0.15, 0.2) is 11.5 Å². The van der Waals surface area contributed by atoms with Crippen molar-refractivity contribution in [1.82, 2.24) is 5.32 Å². The molecular weight excluding hydrogens is 238 g/mol. The molecule has 0 saturated heterocycles. The van der Waals surface area contributed by atoms with Gasteiger partial charge in [0, 0.05) is 12.1 Å². The summed E-state index contributed by atoms with van der Waals surface area (Å²) in [5.41, 5.74) is 1.17. The van der Waals surface area contributed by atoms with E-state index < -0.39 is 0 Å². The van der Waals surface area contributed by atoms with E-state index in [1.807, 2.05) is 19.1 Å². The van der Waals surface area contributed by atoms with Gasteiger partial charge in [0.05, 0.1) is 13.2 Å². The monoisotopic (exact) mass is 265 g/mol. The molecule has 0 amide bonds. The SMILES string of the molecule is CCCOc1c(CNCC(C)C)cccc1OCC. The van der Waals surface area contributed by atoms with Crippen LogP contribution < -0.4 is 14.8 Å². The molecule has 108 valence electrons. The van der Waals surface area contributed by atoms with Crippen LogP contribution in [0.4, 0.5) is 0 Å². The molecule has 0 aliphatic heterocycles. The molecule has 1 aromatic carbocycles. The molecule has 0 aromatic heterocycles. The highest BCUT2D eigenvalue weighted by Gasteiger charge is 2.10. The second-order valence-corrected chi connectivity index (χ2v) is 5.05. The zero-order chi connectivity index (χ0) is 14.1. The minimum Gasteiger partial charge on any atom is -0.490 e. The third-order valence-corrected chi connectivity index (χ3v) is 2.68. The molecule has 1 aromatic rings. The van der Waals surface area contributed by atoms with E-state index in [4.69, 9.17) is 9.47 Å². The standard InChI is InChI=1S/C16H27NO2/c1-5-10-19-16-14(12-17-11-13(3)4)8-7-9-15(16)18-6-2/h7-9,13,17H,5-6,10-12H2,1-4H3. The molecule has 0 unspecified atom stereocenters. The lowest BCUT2D eigenvalue weighted by atomic mass is 10.1. The fraction of sp³-hybridized carbons (Fsp3) is 0.625. The Balaban J connectivity index is 2.78. The normalized spacial score (nSPS) is 10.8. The average molecular weight is 265 g/mol. The van der Waals surface area contributed by atoms with E-state index in [1.54, 1.807) is 0 Å². The predicted octanol–water partition coefficient (Wildman–Crippen LogP) is 3.62. The smallest absolute Gasteiger partial charge is 0.165 e. The number of para-hydroxylation sites is 1. The highest BCUT2D eigenvalue weighted by atomic mass is 16.5. The molecule has 1 N–H and O–H groups in total. The molecule has 3 heteroatoms. The van der Waals surface area contributed by atoms with Crippen LogP contribution in [0.2, 0.25) is 0 Å². The van der Waals surface area contributed by atoms with Crippen molar-refractivity contribution in [3.8, 4) is 11.5 Å². The van der Waals surface area contributed by atoms with Crippen molar-refractivity contribution in [2.45, 2.75) is 40.7 Å². The molecule has 0 heterocycles. The van der Waals surface area contributed by atoms with E-state index in [9.17, 15) is 0 Å². The average Bonchev–Trinajstić information content (AvgIpc) is 2.38. The van der Waals surface area contributed by atoms with Crippen LogP contribution in [0.3, 0.4) is 0 Å². The van der Waals surface area contributed by atoms with Gasteiger partial charge in [0.25, 0.3) is 0 Å². The third-order valence-electron chi connectivity index (χ3n) is 2.68. The van der Waals surface area contributed by atoms with Crippen molar-refractivity contribution in [3.05, 3.63) is 23.8 Å². The first-order valence-electron chi connectivity index (χ1n) is 7.27. The Morgan fingerprint density at radius 2 is 1.95 bits per heavy atom. The van der Waals surface area contributed by atoms with Gasteiger partial charge in [-0.2, -0.15) is 0 Å². The number of ether oxygens (including phenoxy) is 2. The second kappa shape index (κ2) is 8.81. The minimum absolute atomic E-state index is 0.648. The van der Waals surface area contributed by atoms with Gasteiger partial charge in [-0.15, -0.1) is 0 Å². The van der Waals surface area contributed by atoms with Gasteiger partial charge < -0.3 is 14.8 Å². The Labute approximate surface area is 117 Å². The molecule has 0 aliphatic carbocycles. The first kappa shape index (κ1) is 15.8. The van der Waals surface area contributed by atoms with Crippen molar-refractivity contribution in [2.75, 3.05) is 19.8 Å². The molecule has 0 radical (unpaired) electrons. The summed E-state index contributed by atoms with van der Waals surface area (Å²) in [6, 6.07) is 6.09. The zero-order valence-corrected chi connectivity index (χ0v) is 12.7. The molecule has 0 atom stereocenters. The summed E-state index contributed by atoms with van der Waals surface area (Å²) < 4.78 is 11.5. The lowest BCUT2D eigenvalue weighted by molar-refractivity contribution is 0.273. The number of benzene rings is 1. The van der Waals surface area contributed by atoms with E-state index in [1.165, 1.54) is 5.56 Å². The third kappa shape index (κ3) is 5.52. The fourth-order valence-corrected chi connectivity index (χ4v) is 1.83. The van der Waals surface area contributed by atoms with Crippen LogP contribution in [-0.4, -0.2) is 19.8 Å². The summed E-state index contributed by atoms with van der Waals surface area (Å²) >= 11 is 0. The van der Waals surface area contributed by atoms with Crippen LogP contribution in [0.1, 0.15) is 39.7 Å². The predicted molar refractivity (Wildman–Crippen MR) is 79.9 cm³/mol. The lowest BCUT2D eigenvalue weighted by Crippen LogP contribution is -2.19. The lowest BCUT2D eigenvalue weighted by Gasteiger charge is -2.16. The largest absolute Gasteiger partial charge is 0.490 e. The van der Waals surface area contributed by atoms with E-state index >= 15 is 0 Å². The highest BCUT2D eigenvalue weighted by Crippen LogP contribution is 2.31. The van der Waals surface area contributed by atoms with Crippen LogP contribution in [0.5, 0.6) is 11.5 Å². The van der Waals surface area contributed by atoms with Crippen LogP contribution in [0.25, 0.3) is 0 Å². The van der Waals surface area contributed by atoms with E-state index in [0.29, 0.717) is 12.5 Å². The molecule has 1 rings (SSSR count). The van der Waals surface area contributed by atoms with Crippen molar-refractivity contribution >= 4 is 0 Å². The van der Waals surface area contributed by atoms with Crippen LogP contribution >= 0.6 is 0 Å². The van der Waals surface area contributed by atoms with Gasteiger partial charge in [-0.3, -0.25) is 0 Å². The van der Waals surface area contributed by atoms with Crippen molar-refractivity contribution in [2.24, 2.45) is 5.92 Å². The maximum Gasteiger partial charge on any atom is 0.165 e. The quantitative estimate of drug-likeness (QED) is 0.739. The maximum atomic E-state index is 5.86. The summed E-state index contributed by atoms with van der Waals surface area (Å²) in [5.74, 6) is 2.39. The van der Waals surface area contributed by atoms with Gasteiger partial charge in [-0.05, 0) is 31.9 Å². The molecule has 19 heavy (non-hydrogen) atoms. The van der Waals surface area contributed by atoms with Crippen LogP contribution in [0, 0.1) is 5.92 Å². The molecule has 0 aliphatic rings. The van der Waals surface area contributed by atoms with Crippen molar-refractivity contribution < 1.29 is 9.47 Å². The van der Waals surface area contributed by atoms with E-state index in [-0.39, 0.29) is 0 Å². The Bertz CT molecular complexity index is 364. The molecule has 0 fully saturated rings. The second-order valence-electron chi connectivity index (χ2n) is 5.05. The molecular formula is C16H27NO2. The van der Waals surface area contributed by atoms with Crippen molar-refractivity contribution in [3.63, 3.8) is 0 Å². The Morgan fingerprint density at radius 3 is 2.58 bits per heavy atom. The van der Waals surface area contributed by atoms with Gasteiger partial charge in [0.2, 0.25) is 0 Å². The summed E-state index contributed by atoms with van der Waals surface area (Å²) in [7, 11) is 0. The number of hydrogen-bond acceptors (Lipinski definition) is 3. The molecule has 0 spiro atoms. The van der Waals surface area contributed by atoms with Gasteiger partial charge >= 0.3 is 0 Å². The summed E-state index contributed by atoms with van der Waals surface area (Å²) in [6.45, 7) is 11.7. The van der Waals surface area contributed by atoms with Gasteiger partial charge in [-0.1, -0.05) is 32.9 Å². The summed E-state index contributed by atoms with van der Waals surface area (Å²) in [6.07, 6.45) is 0.999. The van der Waals surface area contributed by atoms with Crippen LogP contribution in [-0.2, 0) is 6.54 Å². The van der Waals surface area contributed by atoms with E-state index in [0.717, 1.165) is 37.6 Å². The first-order chi connectivity index (χ1) is 9.19. The number of rotatable bonds is 9. The topological polar surface area (TPSA) is 30.5 Å². The first-order valence-corrected chi connectivity index (χ1v) is 7.27. The summed E-state index contributed by atoms with van der Waals surface area (Å²) in [4.78, 5) is 0. The number of hydrogen-bond donors (Lipinski definition) is 1. The molecule has 3 nitrogen and oxygen atoms in total. The molecule has 0 bridgehead atoms. The Kier molecular flexibility index (Phi) is 7.34. The summed E-state index contributed by atoms with van der Waals surface area (Å²) in [5, 5.41) is 3.45. The minimum atomic E-state index is 0.648. The van der Waals surface area contributed by atoms with E-state index in [2.05, 4.69) is 32.2 Å².